The molecule has 0 aliphatic carbocycles. The van der Waals surface area contributed by atoms with E-state index in [1.807, 2.05) is 0 Å². The molecule has 0 saturated heterocycles. The topological polar surface area (TPSA) is 91.9 Å². The zero-order chi connectivity index (χ0) is 21.9. The number of ether oxygens (including phenoxy) is 1. The smallest absolute Gasteiger partial charge is 0.340 e. The predicted molar refractivity (Wildman–Crippen MR) is 107 cm³/mol. The lowest BCUT2D eigenvalue weighted by Crippen LogP contribution is -2.38. The SMILES string of the molecule is CC(C)=NOCC(C)OC(=O)c1cc(-n2c(=O)cc(C)n(C)c2=O)c(F)cc1Cl. The molecule has 1 atom stereocenters. The lowest BCUT2D eigenvalue weighted by Gasteiger charge is -2.15. The fraction of sp³-hybridized carbons (Fsp3) is 0.368. The molecule has 29 heavy (non-hydrogen) atoms. The molecule has 1 heterocycles. The van der Waals surface area contributed by atoms with Gasteiger partial charge in [-0.25, -0.2) is 18.5 Å². The number of nitrogens with zero attached hydrogens (tertiary/aromatic N) is 3. The first-order chi connectivity index (χ1) is 13.5. The van der Waals surface area contributed by atoms with Crippen LogP contribution in [-0.4, -0.2) is 33.5 Å². The second-order valence-corrected chi connectivity index (χ2v) is 7.04. The van der Waals surface area contributed by atoms with Crippen molar-refractivity contribution in [3.63, 3.8) is 0 Å². The molecule has 0 aliphatic heterocycles. The maximum Gasteiger partial charge on any atom is 0.340 e. The van der Waals surface area contributed by atoms with Crippen LogP contribution in [-0.2, 0) is 16.6 Å². The van der Waals surface area contributed by atoms with Gasteiger partial charge in [-0.15, -0.1) is 0 Å². The molecule has 0 bridgehead atoms. The van der Waals surface area contributed by atoms with Gasteiger partial charge in [0.15, 0.2) is 6.61 Å². The fourth-order valence-corrected chi connectivity index (χ4v) is 2.60. The molecule has 0 amide bonds. The van der Waals surface area contributed by atoms with E-state index in [-0.39, 0.29) is 17.2 Å². The third-order valence-electron chi connectivity index (χ3n) is 3.92. The highest BCUT2D eigenvalue weighted by molar-refractivity contribution is 6.33. The van der Waals surface area contributed by atoms with Gasteiger partial charge in [-0.1, -0.05) is 16.8 Å². The Morgan fingerprint density at radius 2 is 1.93 bits per heavy atom. The quantitative estimate of drug-likeness (QED) is 0.403. The molecule has 2 aromatic rings. The van der Waals surface area contributed by atoms with Crippen LogP contribution in [0.1, 0.15) is 36.8 Å². The Hall–Kier alpha value is -2.94. The van der Waals surface area contributed by atoms with Crippen molar-refractivity contribution in [1.82, 2.24) is 9.13 Å². The van der Waals surface area contributed by atoms with Crippen LogP contribution in [0.15, 0.2) is 32.9 Å². The van der Waals surface area contributed by atoms with E-state index >= 15 is 0 Å². The number of halogens is 2. The van der Waals surface area contributed by atoms with Gasteiger partial charge in [-0.2, -0.15) is 0 Å². The summed E-state index contributed by atoms with van der Waals surface area (Å²) in [5.41, 5.74) is -0.989. The summed E-state index contributed by atoms with van der Waals surface area (Å²) >= 11 is 5.98. The second kappa shape index (κ2) is 9.04. The molecule has 0 fully saturated rings. The molecule has 1 aromatic heterocycles. The fourth-order valence-electron chi connectivity index (χ4n) is 2.37. The van der Waals surface area contributed by atoms with Crippen molar-refractivity contribution in [3.05, 3.63) is 61.1 Å². The van der Waals surface area contributed by atoms with E-state index in [1.165, 1.54) is 17.7 Å². The minimum absolute atomic E-state index is 0.000550. The van der Waals surface area contributed by atoms with E-state index in [2.05, 4.69) is 5.16 Å². The summed E-state index contributed by atoms with van der Waals surface area (Å²) < 4.78 is 21.5. The molecule has 8 nitrogen and oxygen atoms in total. The van der Waals surface area contributed by atoms with Crippen molar-refractivity contribution >= 4 is 23.3 Å². The van der Waals surface area contributed by atoms with Gasteiger partial charge >= 0.3 is 11.7 Å². The molecule has 0 radical (unpaired) electrons. The minimum atomic E-state index is -0.932. The van der Waals surface area contributed by atoms with Gasteiger partial charge in [0, 0.05) is 18.8 Å². The van der Waals surface area contributed by atoms with E-state index in [4.69, 9.17) is 21.2 Å². The molecule has 1 aromatic carbocycles. The zero-order valence-corrected chi connectivity index (χ0v) is 17.4. The maximum atomic E-state index is 14.5. The number of aryl methyl sites for hydroxylation is 1. The van der Waals surface area contributed by atoms with Crippen molar-refractivity contribution in [3.8, 4) is 5.69 Å². The number of hydrogen-bond acceptors (Lipinski definition) is 6. The van der Waals surface area contributed by atoms with Crippen molar-refractivity contribution in [2.75, 3.05) is 6.61 Å². The van der Waals surface area contributed by atoms with Crippen molar-refractivity contribution < 1.29 is 18.8 Å². The standard InChI is InChI=1S/C19H21ClFN3O5/c1-10(2)22-28-9-12(4)29-18(26)13-7-16(15(21)8-14(13)20)24-17(25)6-11(3)23(5)19(24)27/h6-8,12H,9H2,1-5H3. The highest BCUT2D eigenvalue weighted by Gasteiger charge is 2.21. The number of esters is 1. The Labute approximate surface area is 171 Å². The molecule has 0 spiro atoms. The summed E-state index contributed by atoms with van der Waals surface area (Å²) in [5, 5.41) is 3.52. The van der Waals surface area contributed by atoms with Crippen LogP contribution in [0.25, 0.3) is 5.69 Å². The zero-order valence-electron chi connectivity index (χ0n) is 16.7. The van der Waals surface area contributed by atoms with Gasteiger partial charge in [0.25, 0.3) is 5.56 Å². The third kappa shape index (κ3) is 5.11. The molecule has 0 saturated carbocycles. The number of aromatic nitrogens is 2. The number of hydrogen-bond donors (Lipinski definition) is 0. The highest BCUT2D eigenvalue weighted by atomic mass is 35.5. The summed E-state index contributed by atoms with van der Waals surface area (Å²) in [6.45, 7) is 6.64. The summed E-state index contributed by atoms with van der Waals surface area (Å²) in [6.07, 6.45) is -0.676. The van der Waals surface area contributed by atoms with Crippen LogP contribution < -0.4 is 11.2 Å². The van der Waals surface area contributed by atoms with E-state index in [0.717, 1.165) is 12.1 Å². The van der Waals surface area contributed by atoms with Gasteiger partial charge in [0.2, 0.25) is 0 Å². The molecule has 1 unspecified atom stereocenters. The van der Waals surface area contributed by atoms with Gasteiger partial charge < -0.3 is 14.1 Å². The van der Waals surface area contributed by atoms with Crippen LogP contribution >= 0.6 is 11.6 Å². The summed E-state index contributed by atoms with van der Waals surface area (Å²) in [7, 11) is 1.44. The average molecular weight is 426 g/mol. The molecule has 0 aliphatic rings. The Morgan fingerprint density at radius 1 is 1.28 bits per heavy atom. The first-order valence-corrected chi connectivity index (χ1v) is 9.04. The largest absolute Gasteiger partial charge is 0.455 e. The van der Waals surface area contributed by atoms with E-state index in [1.54, 1.807) is 27.7 Å². The lowest BCUT2D eigenvalue weighted by atomic mass is 10.2. The summed E-state index contributed by atoms with van der Waals surface area (Å²) in [4.78, 5) is 42.2. The van der Waals surface area contributed by atoms with Gasteiger partial charge in [0.05, 0.1) is 22.0 Å². The number of oxime groups is 1. The molecular weight excluding hydrogens is 405 g/mol. The van der Waals surface area contributed by atoms with Crippen LogP contribution in [0.2, 0.25) is 5.02 Å². The van der Waals surface area contributed by atoms with Crippen LogP contribution in [0.4, 0.5) is 4.39 Å². The number of carbonyl (C=O) groups excluding carboxylic acids is 1. The molecular formula is C19H21ClFN3O5. The molecule has 0 N–H and O–H groups in total. The van der Waals surface area contributed by atoms with Crippen molar-refractivity contribution in [2.24, 2.45) is 12.2 Å². The first-order valence-electron chi connectivity index (χ1n) is 8.66. The van der Waals surface area contributed by atoms with Gasteiger partial charge in [-0.3, -0.25) is 4.79 Å². The monoisotopic (exact) mass is 425 g/mol. The lowest BCUT2D eigenvalue weighted by molar-refractivity contribution is 0.00328. The Morgan fingerprint density at radius 3 is 2.55 bits per heavy atom. The van der Waals surface area contributed by atoms with E-state index in [0.29, 0.717) is 16.0 Å². The highest BCUT2D eigenvalue weighted by Crippen LogP contribution is 2.23. The summed E-state index contributed by atoms with van der Waals surface area (Å²) in [6, 6.07) is 3.05. The summed E-state index contributed by atoms with van der Waals surface area (Å²) in [5.74, 6) is -1.79. The van der Waals surface area contributed by atoms with E-state index < -0.39 is 34.8 Å². The number of carbonyl (C=O) groups is 1. The number of rotatable bonds is 6. The van der Waals surface area contributed by atoms with Crippen LogP contribution in [0.5, 0.6) is 0 Å². The van der Waals surface area contributed by atoms with Gasteiger partial charge in [0.1, 0.15) is 11.9 Å². The molecule has 10 heteroatoms. The van der Waals surface area contributed by atoms with E-state index in [9.17, 15) is 18.8 Å². The normalized spacial score (nSPS) is 11.7. The molecule has 2 rings (SSSR count). The van der Waals surface area contributed by atoms with Crippen LogP contribution in [0.3, 0.4) is 0 Å². The van der Waals surface area contributed by atoms with Crippen LogP contribution in [0, 0.1) is 12.7 Å². The van der Waals surface area contributed by atoms with Gasteiger partial charge in [-0.05, 0) is 39.8 Å². The Bertz CT molecular complexity index is 1090. The predicted octanol–water partition coefficient (Wildman–Crippen LogP) is 2.59. The first kappa shape index (κ1) is 22.4. The maximum absolute atomic E-state index is 14.5. The minimum Gasteiger partial charge on any atom is -0.455 e. The Kier molecular flexibility index (Phi) is 6.97. The second-order valence-electron chi connectivity index (χ2n) is 6.63. The third-order valence-corrected chi connectivity index (χ3v) is 4.23. The average Bonchev–Trinajstić information content (AvgIpc) is 2.61. The molecule has 156 valence electrons. The number of benzene rings is 1. The van der Waals surface area contributed by atoms with Crippen molar-refractivity contribution in [1.29, 1.82) is 0 Å². The van der Waals surface area contributed by atoms with Crippen molar-refractivity contribution in [2.45, 2.75) is 33.8 Å². The Balaban J connectivity index is 2.42.